The molecule has 10 heteroatoms. The van der Waals surface area contributed by atoms with Gasteiger partial charge in [-0.1, -0.05) is 30.3 Å². The monoisotopic (exact) mass is 503 g/mol. The molecule has 35 heavy (non-hydrogen) atoms. The number of rotatable bonds is 6. The van der Waals surface area contributed by atoms with Crippen molar-refractivity contribution in [1.29, 1.82) is 0 Å². The van der Waals surface area contributed by atoms with Crippen LogP contribution in [0.2, 0.25) is 0 Å². The van der Waals surface area contributed by atoms with E-state index in [9.17, 15) is 31.2 Å². The SMILES string of the molecule is O=C(COC(=O)c1ccc(S(=O)(=O)N2CCCc3ccccc32)cc1)c1cccc(C(F)(F)F)c1. The smallest absolute Gasteiger partial charge is 0.416 e. The maximum absolute atomic E-state index is 13.2. The molecule has 182 valence electrons. The molecule has 1 heterocycles. The highest BCUT2D eigenvalue weighted by Gasteiger charge is 2.31. The lowest BCUT2D eigenvalue weighted by molar-refractivity contribution is -0.137. The van der Waals surface area contributed by atoms with E-state index < -0.39 is 40.1 Å². The number of hydrogen-bond donors (Lipinski definition) is 0. The molecule has 0 saturated heterocycles. The maximum Gasteiger partial charge on any atom is 0.416 e. The molecule has 0 spiro atoms. The highest BCUT2D eigenvalue weighted by atomic mass is 32.2. The Labute approximate surface area is 200 Å². The van der Waals surface area contributed by atoms with Crippen molar-refractivity contribution in [3.63, 3.8) is 0 Å². The number of ketones is 1. The van der Waals surface area contributed by atoms with Crippen molar-refractivity contribution in [3.05, 3.63) is 95.1 Å². The number of carbonyl (C=O) groups excluding carboxylic acids is 2. The van der Waals surface area contributed by atoms with E-state index in [-0.39, 0.29) is 16.0 Å². The van der Waals surface area contributed by atoms with E-state index in [0.717, 1.165) is 24.1 Å². The number of carbonyl (C=O) groups is 2. The normalized spacial score (nSPS) is 13.7. The number of Topliss-reactive ketones (excluding diaryl/α,β-unsaturated/α-hetero) is 1. The zero-order valence-electron chi connectivity index (χ0n) is 18.3. The van der Waals surface area contributed by atoms with Crippen molar-refractivity contribution < 1.29 is 35.9 Å². The van der Waals surface area contributed by atoms with E-state index in [1.807, 2.05) is 12.1 Å². The number of nitrogens with zero attached hydrogens (tertiary/aromatic N) is 1. The predicted molar refractivity (Wildman–Crippen MR) is 122 cm³/mol. The van der Waals surface area contributed by atoms with Crippen LogP contribution < -0.4 is 4.31 Å². The number of fused-ring (bicyclic) bond motifs is 1. The summed E-state index contributed by atoms with van der Waals surface area (Å²) in [5, 5.41) is 0. The fraction of sp³-hybridized carbons (Fsp3) is 0.200. The Bertz CT molecular complexity index is 1370. The first-order chi connectivity index (χ1) is 16.6. The average molecular weight is 503 g/mol. The quantitative estimate of drug-likeness (QED) is 0.354. The molecule has 0 N–H and O–H groups in total. The second-order valence-electron chi connectivity index (χ2n) is 7.91. The molecule has 1 aliphatic rings. The summed E-state index contributed by atoms with van der Waals surface area (Å²) in [5.74, 6) is -1.70. The fourth-order valence-electron chi connectivity index (χ4n) is 3.81. The van der Waals surface area contributed by atoms with E-state index >= 15 is 0 Å². The van der Waals surface area contributed by atoms with Gasteiger partial charge in [0, 0.05) is 12.1 Å². The number of para-hydroxylation sites is 1. The van der Waals surface area contributed by atoms with E-state index in [1.165, 1.54) is 34.6 Å². The Morgan fingerprint density at radius 2 is 1.63 bits per heavy atom. The molecular formula is C25H20F3NO5S. The largest absolute Gasteiger partial charge is 0.454 e. The lowest BCUT2D eigenvalue weighted by Gasteiger charge is -2.30. The molecule has 0 radical (unpaired) electrons. The van der Waals surface area contributed by atoms with Gasteiger partial charge in [-0.15, -0.1) is 0 Å². The van der Waals surface area contributed by atoms with Gasteiger partial charge in [0.05, 0.1) is 21.7 Å². The molecule has 4 rings (SSSR count). The van der Waals surface area contributed by atoms with Gasteiger partial charge in [-0.25, -0.2) is 13.2 Å². The number of benzene rings is 3. The highest BCUT2D eigenvalue weighted by molar-refractivity contribution is 7.92. The second kappa shape index (κ2) is 9.53. The molecule has 1 aliphatic heterocycles. The summed E-state index contributed by atoms with van der Waals surface area (Å²) in [6.45, 7) is -0.425. The molecule has 0 unspecified atom stereocenters. The third kappa shape index (κ3) is 5.22. The summed E-state index contributed by atoms with van der Waals surface area (Å²) >= 11 is 0. The van der Waals surface area contributed by atoms with Gasteiger partial charge >= 0.3 is 12.1 Å². The summed E-state index contributed by atoms with van der Waals surface area (Å²) in [6, 6.07) is 16.2. The lowest BCUT2D eigenvalue weighted by atomic mass is 10.0. The van der Waals surface area contributed by atoms with Crippen LogP contribution >= 0.6 is 0 Å². The predicted octanol–water partition coefficient (Wildman–Crippen LogP) is 4.89. The van der Waals surface area contributed by atoms with E-state index in [0.29, 0.717) is 24.7 Å². The Kier molecular flexibility index (Phi) is 6.66. The van der Waals surface area contributed by atoms with Crippen LogP contribution in [-0.4, -0.2) is 33.3 Å². The first kappa shape index (κ1) is 24.5. The Morgan fingerprint density at radius 1 is 0.914 bits per heavy atom. The molecule has 6 nitrogen and oxygen atoms in total. The highest BCUT2D eigenvalue weighted by Crippen LogP contribution is 2.32. The van der Waals surface area contributed by atoms with Crippen LogP contribution in [0.5, 0.6) is 0 Å². The van der Waals surface area contributed by atoms with Crippen molar-refractivity contribution in [1.82, 2.24) is 0 Å². The summed E-state index contributed by atoms with van der Waals surface area (Å²) in [5.41, 5.74) is 0.335. The summed E-state index contributed by atoms with van der Waals surface area (Å²) in [7, 11) is -3.86. The van der Waals surface area contributed by atoms with Crippen LogP contribution in [0.25, 0.3) is 0 Å². The Morgan fingerprint density at radius 3 is 2.34 bits per heavy atom. The summed E-state index contributed by atoms with van der Waals surface area (Å²) < 4.78 is 71.1. The first-order valence-corrected chi connectivity index (χ1v) is 12.1. The van der Waals surface area contributed by atoms with Gasteiger partial charge in [-0.3, -0.25) is 9.10 Å². The molecular weight excluding hydrogens is 483 g/mol. The van der Waals surface area contributed by atoms with Gasteiger partial charge < -0.3 is 4.74 Å². The van der Waals surface area contributed by atoms with Crippen LogP contribution in [0, 0.1) is 0 Å². The molecule has 0 aromatic heterocycles. The second-order valence-corrected chi connectivity index (χ2v) is 9.77. The van der Waals surface area contributed by atoms with Crippen LogP contribution in [-0.2, 0) is 27.4 Å². The standard InChI is InChI=1S/C25H20F3NO5S/c26-25(27,28)20-8-3-6-19(15-20)23(30)16-34-24(31)18-10-12-21(13-11-18)35(32,33)29-14-4-7-17-5-1-2-9-22(17)29/h1-3,5-6,8-13,15H,4,7,14,16H2. The number of hydrogen-bond acceptors (Lipinski definition) is 5. The number of ether oxygens (including phenoxy) is 1. The molecule has 0 bridgehead atoms. The molecule has 0 aliphatic carbocycles. The van der Waals surface area contributed by atoms with Crippen molar-refractivity contribution >= 4 is 27.5 Å². The number of aryl methyl sites for hydroxylation is 1. The van der Waals surface area contributed by atoms with Crippen LogP contribution in [0.15, 0.2) is 77.7 Å². The van der Waals surface area contributed by atoms with Gasteiger partial charge in [-0.2, -0.15) is 13.2 Å². The molecule has 0 fully saturated rings. The van der Waals surface area contributed by atoms with E-state index in [4.69, 9.17) is 4.74 Å². The van der Waals surface area contributed by atoms with Gasteiger partial charge in [-0.05, 0) is 60.9 Å². The first-order valence-electron chi connectivity index (χ1n) is 10.7. The van der Waals surface area contributed by atoms with E-state index in [1.54, 1.807) is 12.1 Å². The molecule has 3 aromatic carbocycles. The fourth-order valence-corrected chi connectivity index (χ4v) is 5.35. The molecule has 0 saturated carbocycles. The number of halogens is 3. The number of alkyl halides is 3. The minimum absolute atomic E-state index is 0.000151. The van der Waals surface area contributed by atoms with Gasteiger partial charge in [0.15, 0.2) is 12.4 Å². The van der Waals surface area contributed by atoms with Crippen molar-refractivity contribution in [2.45, 2.75) is 23.9 Å². The third-order valence-electron chi connectivity index (χ3n) is 5.59. The van der Waals surface area contributed by atoms with Crippen LogP contribution in [0.1, 0.15) is 38.3 Å². The average Bonchev–Trinajstić information content (AvgIpc) is 2.86. The molecule has 0 amide bonds. The van der Waals surface area contributed by atoms with E-state index in [2.05, 4.69) is 0 Å². The van der Waals surface area contributed by atoms with Crippen molar-refractivity contribution in [2.24, 2.45) is 0 Å². The lowest BCUT2D eigenvalue weighted by Crippen LogP contribution is -2.35. The number of anilines is 1. The van der Waals surface area contributed by atoms with Crippen molar-refractivity contribution in [3.8, 4) is 0 Å². The van der Waals surface area contributed by atoms with Crippen LogP contribution in [0.4, 0.5) is 18.9 Å². The third-order valence-corrected chi connectivity index (χ3v) is 7.42. The minimum atomic E-state index is -4.61. The van der Waals surface area contributed by atoms with Crippen LogP contribution in [0.3, 0.4) is 0 Å². The zero-order chi connectivity index (χ0) is 25.2. The summed E-state index contributed by atoms with van der Waals surface area (Å²) in [4.78, 5) is 24.5. The van der Waals surface area contributed by atoms with Gasteiger partial charge in [0.2, 0.25) is 0 Å². The topological polar surface area (TPSA) is 80.8 Å². The number of sulfonamides is 1. The Balaban J connectivity index is 1.44. The Hall–Kier alpha value is -3.66. The maximum atomic E-state index is 13.2. The van der Waals surface area contributed by atoms with Crippen molar-refractivity contribution in [2.75, 3.05) is 17.5 Å². The summed E-state index contributed by atoms with van der Waals surface area (Å²) in [6.07, 6.45) is -3.14. The van der Waals surface area contributed by atoms with Gasteiger partial charge in [0.1, 0.15) is 0 Å². The zero-order valence-corrected chi connectivity index (χ0v) is 19.1. The minimum Gasteiger partial charge on any atom is -0.454 e. The number of esters is 1. The molecule has 3 aromatic rings. The van der Waals surface area contributed by atoms with Gasteiger partial charge in [0.25, 0.3) is 10.0 Å². The molecule has 0 atom stereocenters.